The molecule has 8 nitrogen and oxygen atoms in total. The van der Waals surface area contributed by atoms with Crippen molar-refractivity contribution in [1.82, 2.24) is 25.0 Å². The summed E-state index contributed by atoms with van der Waals surface area (Å²) in [6.07, 6.45) is 6.17. The Morgan fingerprint density at radius 3 is 2.71 bits per heavy atom. The Morgan fingerprint density at radius 1 is 1.14 bits per heavy atom. The maximum atomic E-state index is 5.59. The normalized spacial score (nSPS) is 16.6. The van der Waals surface area contributed by atoms with Gasteiger partial charge in [0.25, 0.3) is 0 Å². The molecule has 2 aromatic heterocycles. The molecule has 28 heavy (non-hydrogen) atoms. The highest BCUT2D eigenvalue weighted by molar-refractivity contribution is 5.53. The van der Waals surface area contributed by atoms with E-state index in [1.54, 1.807) is 0 Å². The number of ether oxygens (including phenoxy) is 1. The van der Waals surface area contributed by atoms with Gasteiger partial charge in [-0.1, -0.05) is 35.5 Å². The average molecular weight is 380 g/mol. The van der Waals surface area contributed by atoms with Crippen LogP contribution in [0.4, 0.5) is 5.95 Å². The van der Waals surface area contributed by atoms with Crippen LogP contribution in [0.1, 0.15) is 24.3 Å². The molecule has 3 heterocycles. The van der Waals surface area contributed by atoms with Gasteiger partial charge in [-0.05, 0) is 19.9 Å². The van der Waals surface area contributed by atoms with Gasteiger partial charge in [0.2, 0.25) is 17.7 Å². The van der Waals surface area contributed by atoms with Crippen molar-refractivity contribution in [2.24, 2.45) is 0 Å². The minimum Gasteiger partial charge on any atom is -0.376 e. The monoisotopic (exact) mass is 380 g/mol. The predicted octanol–water partition coefficient (Wildman–Crippen LogP) is 2.75. The first kappa shape index (κ1) is 18.5. The highest BCUT2D eigenvalue weighted by Gasteiger charge is 2.15. The molecule has 4 rings (SSSR count). The van der Waals surface area contributed by atoms with Gasteiger partial charge in [-0.15, -0.1) is 0 Å². The number of hydrogen-bond donors (Lipinski definition) is 1. The second-order valence-electron chi connectivity index (χ2n) is 6.98. The average Bonchev–Trinajstić information content (AvgIpc) is 3.40. The van der Waals surface area contributed by atoms with Crippen LogP contribution in [-0.4, -0.2) is 51.3 Å². The van der Waals surface area contributed by atoms with Gasteiger partial charge in [-0.2, -0.15) is 4.98 Å². The van der Waals surface area contributed by atoms with E-state index >= 15 is 0 Å². The minimum atomic E-state index is 0.268. The van der Waals surface area contributed by atoms with Crippen LogP contribution in [0, 0.1) is 0 Å². The Hall–Kier alpha value is -2.84. The summed E-state index contributed by atoms with van der Waals surface area (Å²) in [6, 6.07) is 9.80. The van der Waals surface area contributed by atoms with Gasteiger partial charge < -0.3 is 14.6 Å². The van der Waals surface area contributed by atoms with Crippen LogP contribution >= 0.6 is 0 Å². The fourth-order valence-corrected chi connectivity index (χ4v) is 3.16. The van der Waals surface area contributed by atoms with E-state index in [9.17, 15) is 0 Å². The van der Waals surface area contributed by atoms with Gasteiger partial charge in [0.15, 0.2) is 0 Å². The third-order valence-corrected chi connectivity index (χ3v) is 4.57. The van der Waals surface area contributed by atoms with Crippen LogP contribution in [0.15, 0.2) is 47.2 Å². The number of nitrogens with zero attached hydrogens (tertiary/aromatic N) is 5. The molecule has 1 fully saturated rings. The van der Waals surface area contributed by atoms with Crippen molar-refractivity contribution < 1.29 is 9.26 Å². The Morgan fingerprint density at radius 2 is 1.96 bits per heavy atom. The minimum absolute atomic E-state index is 0.268. The highest BCUT2D eigenvalue weighted by Crippen LogP contribution is 2.16. The zero-order valence-corrected chi connectivity index (χ0v) is 15.9. The SMILES string of the molecule is CN(Cc1cnc(NCC2CCCO2)nc1)Cc1nc(-c2ccccc2)no1. The quantitative estimate of drug-likeness (QED) is 0.638. The van der Waals surface area contributed by atoms with Crippen molar-refractivity contribution in [2.75, 3.05) is 25.5 Å². The number of rotatable bonds is 8. The summed E-state index contributed by atoms with van der Waals surface area (Å²) >= 11 is 0. The van der Waals surface area contributed by atoms with E-state index in [-0.39, 0.29) is 6.10 Å². The van der Waals surface area contributed by atoms with Crippen LogP contribution in [0.25, 0.3) is 11.4 Å². The smallest absolute Gasteiger partial charge is 0.241 e. The van der Waals surface area contributed by atoms with E-state index in [4.69, 9.17) is 9.26 Å². The lowest BCUT2D eigenvalue weighted by atomic mass is 10.2. The standard InChI is InChI=1S/C20H24N6O2/c1-26(14-18-24-19(25-28-18)16-6-3-2-4-7-16)13-15-10-21-20(22-11-15)23-12-17-8-5-9-27-17/h2-4,6-7,10-11,17H,5,8-9,12-14H2,1H3,(H,21,22,23). The fraction of sp³-hybridized carbons (Fsp3) is 0.400. The molecule has 1 unspecified atom stereocenters. The summed E-state index contributed by atoms with van der Waals surface area (Å²) in [5.74, 6) is 1.82. The second kappa shape index (κ2) is 8.90. The molecule has 1 atom stereocenters. The fourth-order valence-electron chi connectivity index (χ4n) is 3.16. The predicted molar refractivity (Wildman–Crippen MR) is 104 cm³/mol. The molecule has 0 bridgehead atoms. The van der Waals surface area contributed by atoms with Crippen molar-refractivity contribution in [2.45, 2.75) is 32.0 Å². The van der Waals surface area contributed by atoms with E-state index < -0.39 is 0 Å². The third kappa shape index (κ3) is 4.90. The Labute approximate surface area is 164 Å². The molecule has 3 aromatic rings. The van der Waals surface area contributed by atoms with E-state index in [0.29, 0.717) is 30.8 Å². The highest BCUT2D eigenvalue weighted by atomic mass is 16.5. The summed E-state index contributed by atoms with van der Waals surface area (Å²) in [6.45, 7) is 2.85. The number of nitrogens with one attached hydrogen (secondary N) is 1. The third-order valence-electron chi connectivity index (χ3n) is 4.57. The van der Waals surface area contributed by atoms with Gasteiger partial charge >= 0.3 is 0 Å². The summed E-state index contributed by atoms with van der Waals surface area (Å²) in [7, 11) is 2.00. The zero-order chi connectivity index (χ0) is 19.2. The van der Waals surface area contributed by atoms with Crippen LogP contribution in [0.5, 0.6) is 0 Å². The zero-order valence-electron chi connectivity index (χ0n) is 15.9. The summed E-state index contributed by atoms with van der Waals surface area (Å²) in [5.41, 5.74) is 1.97. The molecule has 1 N–H and O–H groups in total. The Balaban J connectivity index is 1.27. The number of anilines is 1. The van der Waals surface area contributed by atoms with E-state index in [1.807, 2.05) is 49.8 Å². The lowest BCUT2D eigenvalue weighted by molar-refractivity contribution is 0.120. The van der Waals surface area contributed by atoms with Crippen LogP contribution in [-0.2, 0) is 17.8 Å². The number of aromatic nitrogens is 4. The molecule has 1 saturated heterocycles. The molecule has 0 spiro atoms. The van der Waals surface area contributed by atoms with Gasteiger partial charge in [0.1, 0.15) is 0 Å². The number of benzene rings is 1. The molecule has 1 aliphatic rings. The lowest BCUT2D eigenvalue weighted by Gasteiger charge is -2.14. The van der Waals surface area contributed by atoms with Gasteiger partial charge in [0, 0.05) is 43.2 Å². The molecule has 0 aliphatic carbocycles. The molecule has 0 saturated carbocycles. The van der Waals surface area contributed by atoms with Crippen molar-refractivity contribution in [3.8, 4) is 11.4 Å². The Kier molecular flexibility index (Phi) is 5.89. The first-order chi connectivity index (χ1) is 13.8. The first-order valence-corrected chi connectivity index (χ1v) is 9.49. The molecular formula is C20H24N6O2. The first-order valence-electron chi connectivity index (χ1n) is 9.49. The summed E-state index contributed by atoms with van der Waals surface area (Å²) in [5, 5.41) is 7.29. The van der Waals surface area contributed by atoms with Crippen molar-refractivity contribution in [1.29, 1.82) is 0 Å². The molecular weight excluding hydrogens is 356 g/mol. The van der Waals surface area contributed by atoms with Crippen LogP contribution in [0.2, 0.25) is 0 Å². The second-order valence-corrected chi connectivity index (χ2v) is 6.98. The lowest BCUT2D eigenvalue weighted by Crippen LogP contribution is -2.20. The molecule has 1 aromatic carbocycles. The molecule has 1 aliphatic heterocycles. The Bertz CT molecular complexity index is 862. The van der Waals surface area contributed by atoms with Crippen molar-refractivity contribution >= 4 is 5.95 Å². The van der Waals surface area contributed by atoms with E-state index in [1.165, 1.54) is 0 Å². The van der Waals surface area contributed by atoms with Crippen molar-refractivity contribution in [3.63, 3.8) is 0 Å². The molecule has 146 valence electrons. The van der Waals surface area contributed by atoms with Gasteiger partial charge in [-0.3, -0.25) is 4.90 Å². The molecule has 8 heteroatoms. The maximum Gasteiger partial charge on any atom is 0.241 e. The van der Waals surface area contributed by atoms with Crippen molar-refractivity contribution in [3.05, 3.63) is 54.2 Å². The van der Waals surface area contributed by atoms with E-state index in [2.05, 4.69) is 30.3 Å². The van der Waals surface area contributed by atoms with Gasteiger partial charge in [-0.25, -0.2) is 9.97 Å². The maximum absolute atomic E-state index is 5.59. The van der Waals surface area contributed by atoms with Gasteiger partial charge in [0.05, 0.1) is 12.6 Å². The topological polar surface area (TPSA) is 89.2 Å². The summed E-state index contributed by atoms with van der Waals surface area (Å²) in [4.78, 5) is 15.3. The largest absolute Gasteiger partial charge is 0.376 e. The van der Waals surface area contributed by atoms with E-state index in [0.717, 1.165) is 37.1 Å². The van der Waals surface area contributed by atoms with Crippen LogP contribution in [0.3, 0.4) is 0 Å². The molecule has 0 radical (unpaired) electrons. The summed E-state index contributed by atoms with van der Waals surface area (Å²) < 4.78 is 11.0. The van der Waals surface area contributed by atoms with Crippen LogP contribution < -0.4 is 5.32 Å². The number of hydrogen-bond acceptors (Lipinski definition) is 8. The molecule has 0 amide bonds.